The van der Waals surface area contributed by atoms with E-state index >= 15 is 0 Å². The molecule has 0 spiro atoms. The topological polar surface area (TPSA) is 12.4 Å². The normalized spacial score (nSPS) is 4.57. The summed E-state index contributed by atoms with van der Waals surface area (Å²) in [6, 6.07) is 0. The van der Waals surface area contributed by atoms with Crippen LogP contribution in [0.25, 0.3) is 0 Å². The third-order valence-electron chi connectivity index (χ3n) is 0.183. The van der Waals surface area contributed by atoms with E-state index in [1.54, 1.807) is 0 Å². The Morgan fingerprint density at radius 3 is 1.86 bits per heavy atom. The van der Waals surface area contributed by atoms with Crippen molar-refractivity contribution in [3.8, 4) is 0 Å². The molecule has 1 nitrogen and oxygen atoms in total. The van der Waals surface area contributed by atoms with Gasteiger partial charge in [0.05, 0.1) is 0 Å². The van der Waals surface area contributed by atoms with Crippen LogP contribution < -0.4 is 0 Å². The zero-order valence-corrected chi connectivity index (χ0v) is 9.70. The number of aliphatic imine (C=N–C) groups is 1. The van der Waals surface area contributed by atoms with E-state index in [4.69, 9.17) is 0 Å². The Balaban J connectivity index is -0.0000000800. The first kappa shape index (κ1) is 15.7. The van der Waals surface area contributed by atoms with Gasteiger partial charge < -0.3 is 18.5 Å². The van der Waals surface area contributed by atoms with E-state index in [9.17, 15) is 0 Å². The van der Waals surface area contributed by atoms with Gasteiger partial charge in [-0.15, -0.1) is 0 Å². The number of hydrogen-bond acceptors (Lipinski definition) is 1. The van der Waals surface area contributed by atoms with Crippen LogP contribution in [0.1, 0.15) is 0 Å². The standard InChI is InChI=1S/C4H5N.W.Y/c1-4(2)5-3;;/h3H,1-2H2;;/q-2;+2;. The zero-order chi connectivity index (χ0) is 4.28. The van der Waals surface area contributed by atoms with Crippen LogP contribution in [0, 0.1) is 6.92 Å². The summed E-state index contributed by atoms with van der Waals surface area (Å²) < 4.78 is 0. The van der Waals surface area contributed by atoms with E-state index in [2.05, 4.69) is 25.2 Å². The molecule has 0 heterocycles. The molecule has 0 unspecified atom stereocenters. The summed E-state index contributed by atoms with van der Waals surface area (Å²) >= 11 is 0. The van der Waals surface area contributed by atoms with E-state index < -0.39 is 0 Å². The molecule has 1 radical (unpaired) electrons. The van der Waals surface area contributed by atoms with Crippen molar-refractivity contribution >= 4 is 6.72 Å². The Bertz CT molecular complexity index is 62.7. The average molecular weight is 340 g/mol. The number of allylic oxidation sites excluding steroid dienone is 1. The molecule has 0 aromatic rings. The van der Waals surface area contributed by atoms with Crippen LogP contribution >= 0.6 is 0 Å². The Morgan fingerprint density at radius 2 is 1.86 bits per heavy atom. The van der Waals surface area contributed by atoms with Crippen LogP contribution in [0.2, 0.25) is 0 Å². The van der Waals surface area contributed by atoms with Crippen LogP contribution in [-0.4, -0.2) is 6.72 Å². The fraction of sp³-hybridized carbons (Fsp3) is 0. The first-order valence-corrected chi connectivity index (χ1v) is 1.19. The number of nitrogens with zero attached hydrogens (tertiary/aromatic N) is 1. The van der Waals surface area contributed by atoms with Gasteiger partial charge in [0.25, 0.3) is 0 Å². The first-order valence-electron chi connectivity index (χ1n) is 1.19. The fourth-order valence-corrected chi connectivity index (χ4v) is 0. The predicted molar refractivity (Wildman–Crippen MR) is 23.0 cm³/mol. The van der Waals surface area contributed by atoms with Gasteiger partial charge in [-0.3, -0.25) is 5.70 Å². The molecule has 0 aromatic heterocycles. The molecule has 7 heavy (non-hydrogen) atoms. The van der Waals surface area contributed by atoms with Crippen LogP contribution in [0.15, 0.2) is 17.3 Å². The Morgan fingerprint density at radius 1 is 1.71 bits per heavy atom. The second kappa shape index (κ2) is 10.1. The third kappa shape index (κ3) is 19.3. The van der Waals surface area contributed by atoms with E-state index in [1.165, 1.54) is 0 Å². The third-order valence-corrected chi connectivity index (χ3v) is 0.183. The minimum Gasteiger partial charge on any atom is -0.497 e. The molecule has 0 rings (SSSR count). The van der Waals surface area contributed by atoms with Crippen molar-refractivity contribution in [1.82, 2.24) is 0 Å². The maximum atomic E-state index is 4.63. The van der Waals surface area contributed by atoms with E-state index in [1.807, 2.05) is 0 Å². The molecule has 0 aromatic carbocycles. The van der Waals surface area contributed by atoms with Crippen LogP contribution in [0.3, 0.4) is 0 Å². The molecule has 0 atom stereocenters. The number of rotatable bonds is 1. The molecule has 0 saturated heterocycles. The van der Waals surface area contributed by atoms with Crippen LogP contribution in [-0.2, 0) is 53.8 Å². The monoisotopic (exact) mass is 340 g/mol. The van der Waals surface area contributed by atoms with Crippen LogP contribution in [0.5, 0.6) is 0 Å². The molecule has 0 N–H and O–H groups in total. The largest absolute Gasteiger partial charge is 2.00 e. The Hall–Kier alpha value is 1.07. The first-order chi connectivity index (χ1) is 2.27. The average Bonchev–Trinajstić information content (AvgIpc) is 1.38. The van der Waals surface area contributed by atoms with Crippen molar-refractivity contribution in [2.45, 2.75) is 0 Å². The summed E-state index contributed by atoms with van der Waals surface area (Å²) in [5.41, 5.74) is 0.407. The molecule has 0 amide bonds. The molecular weight excluding hydrogens is 335 g/mol. The second-order valence-electron chi connectivity index (χ2n) is 0.695. The van der Waals surface area contributed by atoms with Crippen molar-refractivity contribution in [2.75, 3.05) is 0 Å². The van der Waals surface area contributed by atoms with Crippen molar-refractivity contribution in [1.29, 1.82) is 0 Å². The molecule has 0 aliphatic carbocycles. The molecule has 0 saturated carbocycles. The summed E-state index contributed by atoms with van der Waals surface area (Å²) in [6.07, 6.45) is 0. The van der Waals surface area contributed by atoms with Crippen molar-refractivity contribution in [2.24, 2.45) is 4.99 Å². The molecule has 35 valence electrons. The SMILES string of the molecule is [CH-]=NC(=C)[CH2-].[W+2].[Y]. The fourth-order valence-electron chi connectivity index (χ4n) is 0. The zero-order valence-electron chi connectivity index (χ0n) is 3.92. The molecule has 0 aliphatic heterocycles. The van der Waals surface area contributed by atoms with Crippen molar-refractivity contribution in [3.63, 3.8) is 0 Å². The van der Waals surface area contributed by atoms with Gasteiger partial charge in [0.1, 0.15) is 0 Å². The van der Waals surface area contributed by atoms with E-state index in [0.717, 1.165) is 0 Å². The molecule has 0 aliphatic rings. The van der Waals surface area contributed by atoms with Gasteiger partial charge >= 0.3 is 21.1 Å². The quantitative estimate of drug-likeness (QED) is 0.497. The van der Waals surface area contributed by atoms with Gasteiger partial charge in [0.15, 0.2) is 0 Å². The molecule has 0 fully saturated rings. The summed E-state index contributed by atoms with van der Waals surface area (Å²) in [6.45, 7) is 11.2. The smallest absolute Gasteiger partial charge is 0.497 e. The minimum atomic E-state index is 0. The number of hydrogen-bond donors (Lipinski definition) is 0. The van der Waals surface area contributed by atoms with E-state index in [0.29, 0.717) is 5.70 Å². The summed E-state index contributed by atoms with van der Waals surface area (Å²) in [5.74, 6) is 0. The Labute approximate surface area is 83.8 Å². The van der Waals surface area contributed by atoms with Crippen molar-refractivity contribution in [3.05, 3.63) is 19.2 Å². The summed E-state index contributed by atoms with van der Waals surface area (Å²) in [5, 5.41) is 0. The van der Waals surface area contributed by atoms with Gasteiger partial charge in [-0.1, -0.05) is 0 Å². The summed E-state index contributed by atoms with van der Waals surface area (Å²) in [7, 11) is 0. The molecular formula is C4H5NWY. The second-order valence-corrected chi connectivity index (χ2v) is 0.695. The predicted octanol–water partition coefficient (Wildman–Crippen LogP) is 0.907. The van der Waals surface area contributed by atoms with Gasteiger partial charge in [-0.25, -0.2) is 0 Å². The van der Waals surface area contributed by atoms with Gasteiger partial charge in [0.2, 0.25) is 0 Å². The molecule has 3 heteroatoms. The van der Waals surface area contributed by atoms with Gasteiger partial charge in [0, 0.05) is 32.7 Å². The van der Waals surface area contributed by atoms with E-state index in [-0.39, 0.29) is 53.8 Å². The van der Waals surface area contributed by atoms with Gasteiger partial charge in [-0.05, 0) is 0 Å². The maximum Gasteiger partial charge on any atom is 2.00 e. The van der Waals surface area contributed by atoms with Gasteiger partial charge in [-0.2, -0.15) is 6.72 Å². The summed E-state index contributed by atoms with van der Waals surface area (Å²) in [4.78, 5) is 3.08. The Kier molecular flexibility index (Phi) is 22.7. The van der Waals surface area contributed by atoms with Crippen LogP contribution in [0.4, 0.5) is 0 Å². The minimum absolute atomic E-state index is 0. The molecule has 0 bridgehead atoms. The van der Waals surface area contributed by atoms with Crippen molar-refractivity contribution < 1.29 is 53.8 Å². The maximum absolute atomic E-state index is 4.63.